The first-order valence-corrected chi connectivity index (χ1v) is 9.02. The van der Waals surface area contributed by atoms with Crippen LogP contribution in [-0.2, 0) is 19.6 Å². The van der Waals surface area contributed by atoms with Gasteiger partial charge in [-0.25, -0.2) is 13.2 Å². The number of halogens is 2. The lowest BCUT2D eigenvalue weighted by molar-refractivity contribution is 0.0359. The van der Waals surface area contributed by atoms with Crippen molar-refractivity contribution in [1.82, 2.24) is 4.31 Å². The summed E-state index contributed by atoms with van der Waals surface area (Å²) in [6.07, 6.45) is 0.513. The minimum atomic E-state index is -3.80. The van der Waals surface area contributed by atoms with Crippen molar-refractivity contribution >= 4 is 48.0 Å². The van der Waals surface area contributed by atoms with Crippen LogP contribution in [0.3, 0.4) is 0 Å². The van der Waals surface area contributed by atoms with E-state index in [2.05, 4.69) is 36.9 Å². The van der Waals surface area contributed by atoms with Gasteiger partial charge in [-0.2, -0.15) is 9.30 Å². The molecule has 0 spiro atoms. The Morgan fingerprint density at radius 1 is 1.38 bits per heavy atom. The van der Waals surface area contributed by atoms with Crippen molar-refractivity contribution in [3.8, 4) is 0 Å². The average Bonchev–Trinajstić information content (AvgIpc) is 2.43. The fourth-order valence-electron chi connectivity index (χ4n) is 1.97. The van der Waals surface area contributed by atoms with Crippen LogP contribution in [0.15, 0.2) is 31.0 Å². The van der Waals surface area contributed by atoms with E-state index in [0.29, 0.717) is 8.95 Å². The molecule has 21 heavy (non-hydrogen) atoms. The number of rotatable bonds is 3. The predicted octanol–water partition coefficient (Wildman–Crippen LogP) is 2.20. The molecule has 1 unspecified atom stereocenters. The van der Waals surface area contributed by atoms with Crippen LogP contribution in [0.5, 0.6) is 0 Å². The largest absolute Gasteiger partial charge is 0.376 e. The van der Waals surface area contributed by atoms with Crippen molar-refractivity contribution in [2.75, 3.05) is 19.8 Å². The van der Waals surface area contributed by atoms with E-state index in [1.165, 1.54) is 12.1 Å². The van der Waals surface area contributed by atoms with E-state index in [1.807, 2.05) is 6.92 Å². The van der Waals surface area contributed by atoms with Gasteiger partial charge in [0, 0.05) is 15.5 Å². The summed E-state index contributed by atoms with van der Waals surface area (Å²) in [5.74, 6) is 0. The number of hydrogen-bond acceptors (Lipinski definition) is 5. The maximum atomic E-state index is 12.8. The Kier molecular flexibility index (Phi) is 5.34. The maximum absolute atomic E-state index is 12.8. The Morgan fingerprint density at radius 3 is 2.76 bits per heavy atom. The number of aryl methyl sites for hydroxylation is 1. The zero-order valence-corrected chi connectivity index (χ0v) is 15.0. The molecule has 9 heteroatoms. The van der Waals surface area contributed by atoms with Gasteiger partial charge in [0.15, 0.2) is 6.17 Å². The van der Waals surface area contributed by atoms with E-state index < -0.39 is 16.2 Å². The molecule has 0 saturated carbocycles. The summed E-state index contributed by atoms with van der Waals surface area (Å²) >= 11 is 6.61. The van der Waals surface area contributed by atoms with Gasteiger partial charge in [-0.15, -0.1) is 0 Å². The number of ether oxygens (including phenoxy) is 1. The van der Waals surface area contributed by atoms with Crippen molar-refractivity contribution in [2.45, 2.75) is 18.0 Å². The summed E-state index contributed by atoms with van der Waals surface area (Å²) in [5, 5.41) is 0. The first kappa shape index (κ1) is 16.8. The fraction of sp³-hybridized carbons (Fsp3) is 0.417. The van der Waals surface area contributed by atoms with Crippen molar-refractivity contribution < 1.29 is 17.9 Å². The molecule has 1 aliphatic heterocycles. The van der Waals surface area contributed by atoms with E-state index in [1.54, 1.807) is 6.07 Å². The van der Waals surface area contributed by atoms with Gasteiger partial charge >= 0.3 is 0 Å². The number of morpholine rings is 1. The van der Waals surface area contributed by atoms with Crippen LogP contribution in [0.2, 0.25) is 0 Å². The molecule has 0 aromatic heterocycles. The number of nitrogens with zero attached hydrogens (tertiary/aromatic N) is 2. The Hall–Kier alpha value is -0.570. The van der Waals surface area contributed by atoms with Crippen LogP contribution in [0.1, 0.15) is 5.56 Å². The summed E-state index contributed by atoms with van der Waals surface area (Å²) in [6.45, 7) is 2.30. The normalized spacial score (nSPS) is 20.0. The highest BCUT2D eigenvalue weighted by atomic mass is 79.9. The molecular weight excluding hydrogens is 428 g/mol. The minimum Gasteiger partial charge on any atom is -0.376 e. The molecular formula is C12H12Br2N2O4S. The van der Waals surface area contributed by atoms with Gasteiger partial charge in [-0.3, -0.25) is 0 Å². The minimum absolute atomic E-state index is 0.0408. The highest BCUT2D eigenvalue weighted by Gasteiger charge is 2.35. The molecule has 1 heterocycles. The molecule has 6 nitrogen and oxygen atoms in total. The highest BCUT2D eigenvalue weighted by Crippen LogP contribution is 2.32. The Balaban J connectivity index is 2.50. The number of aliphatic imine (C=N–C) groups is 1. The zero-order chi connectivity index (χ0) is 15.6. The van der Waals surface area contributed by atoms with Crippen LogP contribution in [0.25, 0.3) is 0 Å². The van der Waals surface area contributed by atoms with E-state index in [0.717, 1.165) is 9.87 Å². The lowest BCUT2D eigenvalue weighted by atomic mass is 10.2. The Bertz CT molecular complexity index is 701. The molecule has 1 fully saturated rings. The highest BCUT2D eigenvalue weighted by molar-refractivity contribution is 9.11. The van der Waals surface area contributed by atoms with Crippen molar-refractivity contribution in [3.63, 3.8) is 0 Å². The molecule has 1 atom stereocenters. The summed E-state index contributed by atoms with van der Waals surface area (Å²) in [7, 11) is -3.80. The zero-order valence-electron chi connectivity index (χ0n) is 11.0. The summed E-state index contributed by atoms with van der Waals surface area (Å²) < 4.78 is 33.0. The monoisotopic (exact) mass is 438 g/mol. The fourth-order valence-corrected chi connectivity index (χ4v) is 5.10. The van der Waals surface area contributed by atoms with Crippen LogP contribution in [0.4, 0.5) is 0 Å². The van der Waals surface area contributed by atoms with E-state index >= 15 is 0 Å². The molecule has 0 radical (unpaired) electrons. The van der Waals surface area contributed by atoms with Crippen LogP contribution in [-0.4, -0.2) is 44.7 Å². The molecule has 0 amide bonds. The summed E-state index contributed by atoms with van der Waals surface area (Å²) in [5.41, 5.74) is 0.908. The Labute approximate surface area is 139 Å². The van der Waals surface area contributed by atoms with E-state index in [9.17, 15) is 13.2 Å². The lowest BCUT2D eigenvalue weighted by Crippen LogP contribution is -2.47. The second kappa shape index (κ2) is 6.68. The van der Waals surface area contributed by atoms with Crippen LogP contribution >= 0.6 is 31.9 Å². The standard InChI is InChI=1S/C12H12Br2N2O4S/c1-8-4-10(14)11(5-9(8)13)21(18,19)16-2-3-20-6-12(16)15-7-17/h4-5,12H,2-3,6H2,1H3. The first-order chi connectivity index (χ1) is 9.87. The van der Waals surface area contributed by atoms with Gasteiger partial charge in [0.25, 0.3) is 0 Å². The third-order valence-electron chi connectivity index (χ3n) is 3.06. The van der Waals surface area contributed by atoms with Crippen molar-refractivity contribution in [1.29, 1.82) is 0 Å². The average molecular weight is 440 g/mol. The molecule has 1 aliphatic rings. The SMILES string of the molecule is Cc1cc(Br)c(S(=O)(=O)N2CCOCC2N=C=O)cc1Br. The molecule has 0 aliphatic carbocycles. The smallest absolute Gasteiger partial charge is 0.246 e. The first-order valence-electron chi connectivity index (χ1n) is 6.00. The van der Waals surface area contributed by atoms with Crippen LogP contribution < -0.4 is 0 Å². The van der Waals surface area contributed by atoms with Gasteiger partial charge < -0.3 is 4.74 Å². The summed E-state index contributed by atoms with van der Waals surface area (Å²) in [6, 6.07) is 3.25. The molecule has 1 aromatic rings. The number of hydrogen-bond donors (Lipinski definition) is 0. The number of isocyanates is 1. The van der Waals surface area contributed by atoms with Gasteiger partial charge in [-0.1, -0.05) is 15.9 Å². The van der Waals surface area contributed by atoms with Crippen molar-refractivity contribution in [3.05, 3.63) is 26.6 Å². The molecule has 114 valence electrons. The second-order valence-electron chi connectivity index (χ2n) is 4.42. The van der Waals surface area contributed by atoms with Crippen molar-refractivity contribution in [2.24, 2.45) is 4.99 Å². The second-order valence-corrected chi connectivity index (χ2v) is 7.99. The molecule has 2 rings (SSSR count). The van der Waals surface area contributed by atoms with Gasteiger partial charge in [0.2, 0.25) is 16.1 Å². The number of benzene rings is 1. The molecule has 0 N–H and O–H groups in total. The summed E-state index contributed by atoms with van der Waals surface area (Å²) in [4.78, 5) is 14.1. The third-order valence-corrected chi connectivity index (χ3v) is 6.77. The van der Waals surface area contributed by atoms with Crippen LogP contribution in [0, 0.1) is 6.92 Å². The maximum Gasteiger partial charge on any atom is 0.246 e. The predicted molar refractivity (Wildman–Crippen MR) is 83.2 cm³/mol. The third kappa shape index (κ3) is 3.44. The topological polar surface area (TPSA) is 76.0 Å². The lowest BCUT2D eigenvalue weighted by Gasteiger charge is -2.31. The van der Waals surface area contributed by atoms with E-state index in [-0.39, 0.29) is 24.7 Å². The van der Waals surface area contributed by atoms with E-state index in [4.69, 9.17) is 4.74 Å². The number of carbonyl (C=O) groups excluding carboxylic acids is 1. The van der Waals surface area contributed by atoms with Gasteiger partial charge in [0.1, 0.15) is 0 Å². The Morgan fingerprint density at radius 2 is 2.10 bits per heavy atom. The molecule has 0 bridgehead atoms. The van der Waals surface area contributed by atoms with Gasteiger partial charge in [-0.05, 0) is 40.5 Å². The molecule has 1 aromatic carbocycles. The molecule has 1 saturated heterocycles. The quantitative estimate of drug-likeness (QED) is 0.534. The number of sulfonamides is 1. The van der Waals surface area contributed by atoms with Gasteiger partial charge in [0.05, 0.1) is 18.1 Å².